The molecule has 1 aromatic carbocycles. The lowest BCUT2D eigenvalue weighted by molar-refractivity contribution is -0.384. The monoisotopic (exact) mass is 325 g/mol. The van der Waals surface area contributed by atoms with E-state index in [1.807, 2.05) is 7.05 Å². The van der Waals surface area contributed by atoms with Crippen LogP contribution in [0.2, 0.25) is 0 Å². The number of nitro benzene ring substituents is 1. The molecule has 3 rings (SSSR count). The number of nitrogens with zero attached hydrogens (tertiary/aromatic N) is 3. The fourth-order valence-electron chi connectivity index (χ4n) is 2.82. The van der Waals surface area contributed by atoms with E-state index < -0.39 is 4.92 Å². The highest BCUT2D eigenvalue weighted by Crippen LogP contribution is 2.23. The van der Waals surface area contributed by atoms with Crippen molar-refractivity contribution in [3.63, 3.8) is 0 Å². The van der Waals surface area contributed by atoms with Crippen LogP contribution >= 0.6 is 12.4 Å². The number of hydrogen-bond donors (Lipinski definition) is 2. The van der Waals surface area contributed by atoms with Crippen LogP contribution in [0.3, 0.4) is 0 Å². The Balaban J connectivity index is 0.00000176. The summed E-state index contributed by atoms with van der Waals surface area (Å²) in [7, 11) is 2.01. The van der Waals surface area contributed by atoms with Gasteiger partial charge in [0.25, 0.3) is 5.69 Å². The number of piperidine rings is 1. The molecular formula is C14H20ClN5O2. The Hall–Kier alpha value is -1.86. The van der Waals surface area contributed by atoms with Crippen molar-refractivity contribution in [3.8, 4) is 0 Å². The Morgan fingerprint density at radius 1 is 1.41 bits per heavy atom. The first-order chi connectivity index (χ1) is 10.1. The molecule has 8 heteroatoms. The molecule has 0 unspecified atom stereocenters. The van der Waals surface area contributed by atoms with E-state index in [1.54, 1.807) is 6.07 Å². The molecule has 0 saturated carbocycles. The van der Waals surface area contributed by atoms with Gasteiger partial charge in [0.2, 0.25) is 5.95 Å². The molecule has 0 spiro atoms. The summed E-state index contributed by atoms with van der Waals surface area (Å²) in [4.78, 5) is 20.2. The van der Waals surface area contributed by atoms with E-state index in [2.05, 4.69) is 20.2 Å². The van der Waals surface area contributed by atoms with Crippen molar-refractivity contribution in [2.75, 3.05) is 31.6 Å². The van der Waals surface area contributed by atoms with Crippen molar-refractivity contribution in [3.05, 3.63) is 28.3 Å². The summed E-state index contributed by atoms with van der Waals surface area (Å²) >= 11 is 0. The van der Waals surface area contributed by atoms with Crippen LogP contribution in [0.1, 0.15) is 12.8 Å². The minimum atomic E-state index is -0.390. The topological polar surface area (TPSA) is 87.1 Å². The highest BCUT2D eigenvalue weighted by molar-refractivity contribution is 5.85. The van der Waals surface area contributed by atoms with Crippen LogP contribution in [-0.4, -0.2) is 41.6 Å². The molecule has 2 aromatic rings. The van der Waals surface area contributed by atoms with Crippen LogP contribution in [0.25, 0.3) is 11.0 Å². The Labute approximate surface area is 134 Å². The fourth-order valence-corrected chi connectivity index (χ4v) is 2.82. The second-order valence-electron chi connectivity index (χ2n) is 5.59. The van der Waals surface area contributed by atoms with Gasteiger partial charge in [-0.1, -0.05) is 0 Å². The largest absolute Gasteiger partial charge is 0.345 e. The number of fused-ring (bicyclic) bond motifs is 1. The predicted molar refractivity (Wildman–Crippen MR) is 88.9 cm³/mol. The first-order valence-corrected chi connectivity index (χ1v) is 7.19. The lowest BCUT2D eigenvalue weighted by atomic mass is 9.98. The standard InChI is InChI=1S/C14H19N5O2.ClH/c1-18(9-10-4-6-15-7-5-10)14-16-12-3-2-11(19(20)21)8-13(12)17-14;/h2-3,8,10,15H,4-7,9H2,1H3,(H,16,17);1H. The number of imidazole rings is 1. The number of benzene rings is 1. The van der Waals surface area contributed by atoms with Gasteiger partial charge in [-0.05, 0) is 37.9 Å². The number of anilines is 1. The number of nitro groups is 1. The van der Waals surface area contributed by atoms with E-state index in [4.69, 9.17) is 0 Å². The summed E-state index contributed by atoms with van der Waals surface area (Å²) in [6.45, 7) is 3.10. The van der Waals surface area contributed by atoms with Crippen LogP contribution in [-0.2, 0) is 0 Å². The number of non-ortho nitro benzene ring substituents is 1. The van der Waals surface area contributed by atoms with Gasteiger partial charge in [0.05, 0.1) is 16.0 Å². The average molecular weight is 326 g/mol. The number of aromatic nitrogens is 2. The number of nitrogens with one attached hydrogen (secondary N) is 2. The number of H-pyrrole nitrogens is 1. The molecule has 22 heavy (non-hydrogen) atoms. The van der Waals surface area contributed by atoms with Gasteiger partial charge < -0.3 is 15.2 Å². The molecule has 0 aliphatic carbocycles. The van der Waals surface area contributed by atoms with Gasteiger partial charge in [-0.15, -0.1) is 12.4 Å². The van der Waals surface area contributed by atoms with Gasteiger partial charge in [-0.3, -0.25) is 10.1 Å². The zero-order valence-corrected chi connectivity index (χ0v) is 13.2. The normalized spacial score (nSPS) is 15.5. The molecule has 1 aromatic heterocycles. The van der Waals surface area contributed by atoms with Crippen LogP contribution in [0.4, 0.5) is 11.6 Å². The quantitative estimate of drug-likeness (QED) is 0.665. The molecule has 0 amide bonds. The first-order valence-electron chi connectivity index (χ1n) is 7.19. The molecular weight excluding hydrogens is 306 g/mol. The van der Waals surface area contributed by atoms with E-state index in [-0.39, 0.29) is 18.1 Å². The van der Waals surface area contributed by atoms with Crippen molar-refractivity contribution < 1.29 is 4.92 Å². The second kappa shape index (κ2) is 6.93. The summed E-state index contributed by atoms with van der Waals surface area (Å²) < 4.78 is 0. The van der Waals surface area contributed by atoms with Gasteiger partial charge in [0.15, 0.2) is 0 Å². The summed E-state index contributed by atoms with van der Waals surface area (Å²) in [6.07, 6.45) is 2.35. The summed E-state index contributed by atoms with van der Waals surface area (Å²) in [5.74, 6) is 1.43. The molecule has 7 nitrogen and oxygen atoms in total. The average Bonchev–Trinajstić information content (AvgIpc) is 2.91. The van der Waals surface area contributed by atoms with E-state index in [0.29, 0.717) is 11.4 Å². The molecule has 1 aliphatic rings. The van der Waals surface area contributed by atoms with Crippen molar-refractivity contribution in [2.45, 2.75) is 12.8 Å². The van der Waals surface area contributed by atoms with Crippen molar-refractivity contribution in [2.24, 2.45) is 5.92 Å². The molecule has 0 bridgehead atoms. The maximum atomic E-state index is 10.8. The minimum Gasteiger partial charge on any atom is -0.345 e. The number of rotatable bonds is 4. The van der Waals surface area contributed by atoms with Gasteiger partial charge in [0, 0.05) is 25.7 Å². The van der Waals surface area contributed by atoms with Gasteiger partial charge in [0.1, 0.15) is 0 Å². The molecule has 1 saturated heterocycles. The maximum Gasteiger partial charge on any atom is 0.271 e. The van der Waals surface area contributed by atoms with Crippen molar-refractivity contribution in [1.29, 1.82) is 0 Å². The third-order valence-electron chi connectivity index (χ3n) is 4.02. The van der Waals surface area contributed by atoms with E-state index >= 15 is 0 Å². The highest BCUT2D eigenvalue weighted by Gasteiger charge is 2.17. The van der Waals surface area contributed by atoms with Gasteiger partial charge in [-0.2, -0.15) is 0 Å². The van der Waals surface area contributed by atoms with E-state index in [9.17, 15) is 10.1 Å². The molecule has 1 aliphatic heterocycles. The maximum absolute atomic E-state index is 10.8. The van der Waals surface area contributed by atoms with Crippen LogP contribution in [0, 0.1) is 16.0 Å². The zero-order chi connectivity index (χ0) is 14.8. The Morgan fingerprint density at radius 2 is 2.14 bits per heavy atom. The number of halogens is 1. The summed E-state index contributed by atoms with van der Waals surface area (Å²) in [5.41, 5.74) is 1.54. The lowest BCUT2D eigenvalue weighted by Gasteiger charge is -2.27. The van der Waals surface area contributed by atoms with Crippen LogP contribution in [0.5, 0.6) is 0 Å². The third-order valence-corrected chi connectivity index (χ3v) is 4.02. The molecule has 120 valence electrons. The van der Waals surface area contributed by atoms with Crippen molar-refractivity contribution >= 4 is 35.1 Å². The predicted octanol–water partition coefficient (Wildman–Crippen LogP) is 2.33. The molecule has 2 N–H and O–H groups in total. The van der Waals surface area contributed by atoms with E-state index in [1.165, 1.54) is 25.0 Å². The SMILES string of the molecule is CN(CC1CCNCC1)c1nc2ccc([N+](=O)[O-])cc2[nH]1.Cl. The van der Waals surface area contributed by atoms with Gasteiger partial charge >= 0.3 is 0 Å². The fraction of sp³-hybridized carbons (Fsp3) is 0.500. The lowest BCUT2D eigenvalue weighted by Crippen LogP contribution is -2.34. The Morgan fingerprint density at radius 3 is 2.82 bits per heavy atom. The van der Waals surface area contributed by atoms with Crippen LogP contribution in [0.15, 0.2) is 18.2 Å². The Kier molecular flexibility index (Phi) is 5.20. The summed E-state index contributed by atoms with van der Waals surface area (Å²) in [5, 5.41) is 14.2. The minimum absolute atomic E-state index is 0. The first kappa shape index (κ1) is 16.5. The van der Waals surface area contributed by atoms with Crippen molar-refractivity contribution in [1.82, 2.24) is 15.3 Å². The number of hydrogen-bond acceptors (Lipinski definition) is 5. The molecule has 1 fully saturated rings. The molecule has 0 radical (unpaired) electrons. The van der Waals surface area contributed by atoms with E-state index in [0.717, 1.165) is 31.1 Å². The molecule has 2 heterocycles. The molecule has 0 atom stereocenters. The summed E-state index contributed by atoms with van der Waals surface area (Å²) in [6, 6.07) is 4.70. The highest BCUT2D eigenvalue weighted by atomic mass is 35.5. The van der Waals surface area contributed by atoms with Crippen LogP contribution < -0.4 is 10.2 Å². The Bertz CT molecular complexity index is 654. The second-order valence-corrected chi connectivity index (χ2v) is 5.59. The zero-order valence-electron chi connectivity index (χ0n) is 12.4. The number of aromatic amines is 1. The third kappa shape index (κ3) is 3.48. The smallest absolute Gasteiger partial charge is 0.271 e. The van der Waals surface area contributed by atoms with Gasteiger partial charge in [-0.25, -0.2) is 4.98 Å².